The van der Waals surface area contributed by atoms with Gasteiger partial charge in [0.2, 0.25) is 0 Å². The van der Waals surface area contributed by atoms with Crippen LogP contribution in [0.2, 0.25) is 10.0 Å². The third-order valence-corrected chi connectivity index (χ3v) is 3.98. The topological polar surface area (TPSA) is 60.5 Å². The Morgan fingerprint density at radius 3 is 2.22 bits per heavy atom. The lowest BCUT2D eigenvalue weighted by Gasteiger charge is -2.13. The molecule has 1 amide bonds. The van der Waals surface area contributed by atoms with Crippen molar-refractivity contribution in [3.05, 3.63) is 45.7 Å². The van der Waals surface area contributed by atoms with Crippen LogP contribution in [0.3, 0.4) is 0 Å². The van der Waals surface area contributed by atoms with E-state index >= 15 is 0 Å². The number of carbonyl (C=O) groups excluding carboxylic acids is 1. The largest absolute Gasteiger partial charge is 0.497 e. The van der Waals surface area contributed by atoms with E-state index in [0.29, 0.717) is 32.9 Å². The highest BCUT2D eigenvalue weighted by Gasteiger charge is 2.16. The molecular formula is C16H16Cl2N2O3. The number of nitrogens with zero attached hydrogens (tertiary/aromatic N) is 1. The molecule has 0 aliphatic rings. The molecule has 0 fully saturated rings. The van der Waals surface area contributed by atoms with Gasteiger partial charge in [0, 0.05) is 5.69 Å². The van der Waals surface area contributed by atoms with Gasteiger partial charge >= 0.3 is 0 Å². The second-order valence-electron chi connectivity index (χ2n) is 4.81. The first-order chi connectivity index (χ1) is 10.9. The van der Waals surface area contributed by atoms with Crippen molar-refractivity contribution >= 4 is 34.8 Å². The van der Waals surface area contributed by atoms with Crippen LogP contribution in [0.4, 0.5) is 5.69 Å². The number of hydrogen-bond donors (Lipinski definition) is 1. The smallest absolute Gasteiger partial charge is 0.262 e. The molecule has 2 aromatic rings. The second kappa shape index (κ2) is 7.53. The van der Waals surface area contributed by atoms with E-state index in [2.05, 4.69) is 10.3 Å². The lowest BCUT2D eigenvalue weighted by molar-refractivity contribution is -0.118. The zero-order chi connectivity index (χ0) is 17.0. The highest BCUT2D eigenvalue weighted by molar-refractivity contribution is 6.37. The van der Waals surface area contributed by atoms with Crippen LogP contribution in [0.1, 0.15) is 11.4 Å². The molecule has 5 nitrogen and oxygen atoms in total. The lowest BCUT2D eigenvalue weighted by Crippen LogP contribution is -2.20. The molecule has 0 saturated carbocycles. The van der Waals surface area contributed by atoms with Crippen molar-refractivity contribution in [2.75, 3.05) is 19.0 Å². The van der Waals surface area contributed by atoms with Crippen molar-refractivity contribution < 1.29 is 14.3 Å². The Labute approximate surface area is 144 Å². The lowest BCUT2D eigenvalue weighted by atomic mass is 10.3. The highest BCUT2D eigenvalue weighted by Crippen LogP contribution is 2.36. The number of methoxy groups -OCH3 is 1. The normalized spacial score (nSPS) is 10.3. The minimum atomic E-state index is -0.325. The third kappa shape index (κ3) is 4.27. The van der Waals surface area contributed by atoms with Crippen molar-refractivity contribution in [2.24, 2.45) is 0 Å². The fourth-order valence-electron chi connectivity index (χ4n) is 1.91. The van der Waals surface area contributed by atoms with Crippen LogP contribution in [-0.2, 0) is 4.79 Å². The maximum absolute atomic E-state index is 12.0. The summed E-state index contributed by atoms with van der Waals surface area (Å²) in [5.41, 5.74) is 1.83. The van der Waals surface area contributed by atoms with E-state index in [0.717, 1.165) is 0 Å². The molecule has 122 valence electrons. The van der Waals surface area contributed by atoms with Crippen LogP contribution in [-0.4, -0.2) is 24.6 Å². The van der Waals surface area contributed by atoms with Crippen LogP contribution >= 0.6 is 23.2 Å². The minimum absolute atomic E-state index is 0.214. The molecule has 1 N–H and O–H groups in total. The zero-order valence-electron chi connectivity index (χ0n) is 12.9. The first kappa shape index (κ1) is 17.4. The number of hydrogen-bond acceptors (Lipinski definition) is 4. The van der Waals surface area contributed by atoms with Gasteiger partial charge < -0.3 is 14.8 Å². The molecule has 7 heteroatoms. The number of aryl methyl sites for hydroxylation is 2. The van der Waals surface area contributed by atoms with Gasteiger partial charge in [-0.25, -0.2) is 0 Å². The SMILES string of the molecule is COc1ccc(NC(=O)COc2c(Cl)c(C)nc(C)c2Cl)cc1. The Balaban J connectivity index is 2.02. The van der Waals surface area contributed by atoms with Gasteiger partial charge in [-0.15, -0.1) is 0 Å². The number of rotatable bonds is 5. The van der Waals surface area contributed by atoms with Crippen LogP contribution in [0, 0.1) is 13.8 Å². The van der Waals surface area contributed by atoms with Gasteiger partial charge in [-0.2, -0.15) is 0 Å². The summed E-state index contributed by atoms with van der Waals surface area (Å²) in [6, 6.07) is 6.97. The summed E-state index contributed by atoms with van der Waals surface area (Å²) >= 11 is 12.3. The Morgan fingerprint density at radius 2 is 1.70 bits per heavy atom. The van der Waals surface area contributed by atoms with E-state index < -0.39 is 0 Å². The maximum atomic E-state index is 12.0. The molecule has 0 spiro atoms. The number of pyridine rings is 1. The van der Waals surface area contributed by atoms with E-state index in [1.807, 2.05) is 0 Å². The number of nitrogens with one attached hydrogen (secondary N) is 1. The number of carbonyl (C=O) groups is 1. The van der Waals surface area contributed by atoms with E-state index in [1.165, 1.54) is 0 Å². The Hall–Kier alpha value is -1.98. The molecule has 0 radical (unpaired) electrons. The summed E-state index contributed by atoms with van der Waals surface area (Å²) in [6.45, 7) is 3.28. The molecule has 23 heavy (non-hydrogen) atoms. The van der Waals surface area contributed by atoms with Crippen molar-refractivity contribution in [1.29, 1.82) is 0 Å². The molecule has 0 aliphatic carbocycles. The number of aromatic nitrogens is 1. The van der Waals surface area contributed by atoms with Gasteiger partial charge in [-0.1, -0.05) is 23.2 Å². The van der Waals surface area contributed by atoms with Crippen LogP contribution in [0.25, 0.3) is 0 Å². The molecule has 0 saturated heterocycles. The predicted molar refractivity (Wildman–Crippen MR) is 90.8 cm³/mol. The molecule has 1 aromatic carbocycles. The van der Waals surface area contributed by atoms with E-state index in [9.17, 15) is 4.79 Å². The summed E-state index contributed by atoms with van der Waals surface area (Å²) in [6.07, 6.45) is 0. The van der Waals surface area contributed by atoms with Crippen LogP contribution in [0.15, 0.2) is 24.3 Å². The van der Waals surface area contributed by atoms with Crippen molar-refractivity contribution in [3.63, 3.8) is 0 Å². The second-order valence-corrected chi connectivity index (χ2v) is 5.56. The van der Waals surface area contributed by atoms with Crippen molar-refractivity contribution in [1.82, 2.24) is 4.98 Å². The van der Waals surface area contributed by atoms with E-state index in [-0.39, 0.29) is 18.3 Å². The molecule has 0 aliphatic heterocycles. The first-order valence-corrected chi connectivity index (χ1v) is 7.57. The molecule has 0 bridgehead atoms. The summed E-state index contributed by atoms with van der Waals surface area (Å²) in [7, 11) is 1.58. The third-order valence-electron chi connectivity index (χ3n) is 3.09. The van der Waals surface area contributed by atoms with Crippen LogP contribution in [0.5, 0.6) is 11.5 Å². The quantitative estimate of drug-likeness (QED) is 0.880. The molecule has 1 aromatic heterocycles. The Morgan fingerprint density at radius 1 is 1.13 bits per heavy atom. The molecule has 2 rings (SSSR count). The average Bonchev–Trinajstić information content (AvgIpc) is 2.53. The molecule has 0 atom stereocenters. The fourth-order valence-corrected chi connectivity index (χ4v) is 2.34. The number of ether oxygens (including phenoxy) is 2. The van der Waals surface area contributed by atoms with Crippen LogP contribution < -0.4 is 14.8 Å². The zero-order valence-corrected chi connectivity index (χ0v) is 14.5. The number of amides is 1. The van der Waals surface area contributed by atoms with E-state index in [4.69, 9.17) is 32.7 Å². The minimum Gasteiger partial charge on any atom is -0.497 e. The monoisotopic (exact) mass is 354 g/mol. The van der Waals surface area contributed by atoms with Gasteiger partial charge in [0.1, 0.15) is 15.8 Å². The number of halogens is 2. The standard InChI is InChI=1S/C16H16Cl2N2O3/c1-9-14(17)16(15(18)10(2)19-9)23-8-13(21)20-11-4-6-12(22-3)7-5-11/h4-7H,8H2,1-3H3,(H,20,21). The Kier molecular flexibility index (Phi) is 5.69. The van der Waals surface area contributed by atoms with Crippen molar-refractivity contribution in [3.8, 4) is 11.5 Å². The average molecular weight is 355 g/mol. The summed E-state index contributed by atoms with van der Waals surface area (Å²) in [5.74, 6) is 0.651. The predicted octanol–water partition coefficient (Wildman–Crippen LogP) is 4.03. The first-order valence-electron chi connectivity index (χ1n) is 6.81. The Bertz CT molecular complexity index is 692. The molecular weight excluding hydrogens is 339 g/mol. The van der Waals surface area contributed by atoms with Crippen molar-refractivity contribution in [2.45, 2.75) is 13.8 Å². The highest BCUT2D eigenvalue weighted by atomic mass is 35.5. The van der Waals surface area contributed by atoms with Gasteiger partial charge in [-0.3, -0.25) is 9.78 Å². The van der Waals surface area contributed by atoms with Gasteiger partial charge in [0.15, 0.2) is 12.4 Å². The summed E-state index contributed by atoms with van der Waals surface area (Å²) < 4.78 is 10.5. The molecule has 1 heterocycles. The fraction of sp³-hybridized carbons (Fsp3) is 0.250. The number of anilines is 1. The molecule has 0 unspecified atom stereocenters. The van der Waals surface area contributed by atoms with Gasteiger partial charge in [-0.05, 0) is 38.1 Å². The number of benzene rings is 1. The van der Waals surface area contributed by atoms with Gasteiger partial charge in [0.05, 0.1) is 18.5 Å². The maximum Gasteiger partial charge on any atom is 0.262 e. The summed E-state index contributed by atoms with van der Waals surface area (Å²) in [4.78, 5) is 16.2. The summed E-state index contributed by atoms with van der Waals surface area (Å²) in [5, 5.41) is 3.32. The van der Waals surface area contributed by atoms with Gasteiger partial charge in [0.25, 0.3) is 5.91 Å². The van der Waals surface area contributed by atoms with E-state index in [1.54, 1.807) is 45.2 Å².